The minimum absolute atomic E-state index is 0.170. The third-order valence-corrected chi connectivity index (χ3v) is 2.24. The molecule has 88 valence electrons. The number of carbonyl (C=O) groups is 1. The highest BCUT2D eigenvalue weighted by molar-refractivity contribution is 5.94. The maximum absolute atomic E-state index is 11.7. The van der Waals surface area contributed by atoms with Gasteiger partial charge in [-0.05, 0) is 24.3 Å². The predicted octanol–water partition coefficient (Wildman–Crippen LogP) is 0.890. The summed E-state index contributed by atoms with van der Waals surface area (Å²) in [5, 5.41) is 6.42. The summed E-state index contributed by atoms with van der Waals surface area (Å²) in [5.74, 6) is 5.06. The Morgan fingerprint density at radius 3 is 2.65 bits per heavy atom. The van der Waals surface area contributed by atoms with Crippen molar-refractivity contribution in [1.82, 2.24) is 10.5 Å². The highest BCUT2D eigenvalue weighted by Gasteiger charge is 2.05. The third kappa shape index (κ3) is 2.82. The number of carbonyl (C=O) groups excluding carboxylic acids is 1. The van der Waals surface area contributed by atoms with Crippen molar-refractivity contribution in [2.24, 2.45) is 5.84 Å². The summed E-state index contributed by atoms with van der Waals surface area (Å²) >= 11 is 0. The van der Waals surface area contributed by atoms with Crippen LogP contribution in [0.15, 0.2) is 41.1 Å². The predicted molar refractivity (Wildman–Crippen MR) is 61.9 cm³/mol. The number of hydrogen-bond donors (Lipinski definition) is 3. The van der Waals surface area contributed by atoms with Crippen molar-refractivity contribution in [2.45, 2.75) is 6.54 Å². The van der Waals surface area contributed by atoms with Crippen LogP contribution in [0.25, 0.3) is 0 Å². The standard InChI is InChI=1S/C11H12N4O2/c12-14-9-3-1-8(2-4-9)11(16)13-7-10-5-6-17-15-10/h1-6,14H,7,12H2,(H,13,16). The molecular weight excluding hydrogens is 220 g/mol. The first-order valence-corrected chi connectivity index (χ1v) is 5.04. The highest BCUT2D eigenvalue weighted by Crippen LogP contribution is 2.07. The zero-order valence-corrected chi connectivity index (χ0v) is 9.01. The van der Waals surface area contributed by atoms with Crippen molar-refractivity contribution >= 4 is 11.6 Å². The summed E-state index contributed by atoms with van der Waals surface area (Å²) in [6, 6.07) is 8.53. The molecule has 0 bridgehead atoms. The van der Waals surface area contributed by atoms with E-state index in [0.717, 1.165) is 5.69 Å². The van der Waals surface area contributed by atoms with E-state index in [1.165, 1.54) is 6.26 Å². The number of nitrogens with zero attached hydrogens (tertiary/aromatic N) is 1. The molecule has 6 nitrogen and oxygen atoms in total. The Bertz CT molecular complexity index is 479. The van der Waals surface area contributed by atoms with Crippen LogP contribution in [0.5, 0.6) is 0 Å². The number of hydrogen-bond acceptors (Lipinski definition) is 5. The maximum Gasteiger partial charge on any atom is 0.251 e. The van der Waals surface area contributed by atoms with Crippen molar-refractivity contribution in [1.29, 1.82) is 0 Å². The molecule has 0 spiro atoms. The van der Waals surface area contributed by atoms with Gasteiger partial charge in [-0.15, -0.1) is 0 Å². The Morgan fingerprint density at radius 1 is 1.29 bits per heavy atom. The fourth-order valence-electron chi connectivity index (χ4n) is 1.32. The Balaban J connectivity index is 1.95. The van der Waals surface area contributed by atoms with Gasteiger partial charge < -0.3 is 15.3 Å². The molecule has 17 heavy (non-hydrogen) atoms. The lowest BCUT2D eigenvalue weighted by Gasteiger charge is -2.04. The van der Waals surface area contributed by atoms with Gasteiger partial charge in [-0.1, -0.05) is 5.16 Å². The molecule has 1 aromatic carbocycles. The quantitative estimate of drug-likeness (QED) is 0.537. The van der Waals surface area contributed by atoms with Crippen molar-refractivity contribution in [3.63, 3.8) is 0 Å². The molecule has 2 rings (SSSR count). The number of rotatable bonds is 4. The smallest absolute Gasteiger partial charge is 0.251 e. The van der Waals surface area contributed by atoms with Crippen LogP contribution < -0.4 is 16.6 Å². The lowest BCUT2D eigenvalue weighted by molar-refractivity contribution is 0.0950. The van der Waals surface area contributed by atoms with Crippen molar-refractivity contribution in [3.05, 3.63) is 47.9 Å². The number of aromatic nitrogens is 1. The zero-order valence-electron chi connectivity index (χ0n) is 9.01. The average molecular weight is 232 g/mol. The molecule has 0 saturated heterocycles. The van der Waals surface area contributed by atoms with E-state index in [9.17, 15) is 4.79 Å². The molecule has 1 amide bonds. The average Bonchev–Trinajstić information content (AvgIpc) is 2.89. The monoisotopic (exact) mass is 232 g/mol. The topological polar surface area (TPSA) is 93.2 Å². The first kappa shape index (κ1) is 11.2. The van der Waals surface area contributed by atoms with Crippen LogP contribution in [-0.2, 0) is 6.54 Å². The Morgan fingerprint density at radius 2 is 2.06 bits per heavy atom. The molecular formula is C11H12N4O2. The fourth-order valence-corrected chi connectivity index (χ4v) is 1.32. The lowest BCUT2D eigenvalue weighted by Crippen LogP contribution is -2.22. The minimum Gasteiger partial charge on any atom is -0.364 e. The van der Waals surface area contributed by atoms with Gasteiger partial charge in [-0.3, -0.25) is 10.6 Å². The van der Waals surface area contributed by atoms with Crippen molar-refractivity contribution in [3.8, 4) is 0 Å². The summed E-state index contributed by atoms with van der Waals surface area (Å²) in [4.78, 5) is 11.7. The normalized spacial score (nSPS) is 9.94. The van der Waals surface area contributed by atoms with Crippen LogP contribution in [-0.4, -0.2) is 11.1 Å². The molecule has 0 aliphatic rings. The molecule has 0 aliphatic carbocycles. The van der Waals surface area contributed by atoms with Gasteiger partial charge in [0.1, 0.15) is 12.0 Å². The summed E-state index contributed by atoms with van der Waals surface area (Å²) < 4.78 is 4.66. The van der Waals surface area contributed by atoms with Crippen LogP contribution in [0.4, 0.5) is 5.69 Å². The SMILES string of the molecule is NNc1ccc(C(=O)NCc2ccon2)cc1. The van der Waals surface area contributed by atoms with E-state index in [-0.39, 0.29) is 5.91 Å². The van der Waals surface area contributed by atoms with Gasteiger partial charge in [-0.25, -0.2) is 0 Å². The fraction of sp³-hybridized carbons (Fsp3) is 0.0909. The molecule has 1 aromatic heterocycles. The summed E-state index contributed by atoms with van der Waals surface area (Å²) in [6.45, 7) is 0.340. The van der Waals surface area contributed by atoms with E-state index < -0.39 is 0 Å². The van der Waals surface area contributed by atoms with Gasteiger partial charge in [0.15, 0.2) is 0 Å². The Hall–Kier alpha value is -2.34. The Labute approximate surface area is 97.8 Å². The van der Waals surface area contributed by atoms with Gasteiger partial charge in [0.2, 0.25) is 0 Å². The van der Waals surface area contributed by atoms with Crippen LogP contribution in [0.2, 0.25) is 0 Å². The third-order valence-electron chi connectivity index (χ3n) is 2.24. The molecule has 0 radical (unpaired) electrons. The van der Waals surface area contributed by atoms with E-state index in [2.05, 4.69) is 20.4 Å². The lowest BCUT2D eigenvalue weighted by atomic mass is 10.2. The van der Waals surface area contributed by atoms with Crippen LogP contribution >= 0.6 is 0 Å². The first-order chi connectivity index (χ1) is 8.29. The van der Waals surface area contributed by atoms with Gasteiger partial charge in [-0.2, -0.15) is 0 Å². The number of amides is 1. The van der Waals surface area contributed by atoms with Crippen molar-refractivity contribution in [2.75, 3.05) is 5.43 Å². The zero-order chi connectivity index (χ0) is 12.1. The molecule has 1 heterocycles. The summed E-state index contributed by atoms with van der Waals surface area (Å²) in [7, 11) is 0. The molecule has 0 aliphatic heterocycles. The second kappa shape index (κ2) is 5.13. The van der Waals surface area contributed by atoms with Gasteiger partial charge >= 0.3 is 0 Å². The minimum atomic E-state index is -0.170. The van der Waals surface area contributed by atoms with Crippen molar-refractivity contribution < 1.29 is 9.32 Å². The number of nitrogens with two attached hydrogens (primary N) is 1. The molecule has 0 atom stereocenters. The highest BCUT2D eigenvalue weighted by atomic mass is 16.5. The first-order valence-electron chi connectivity index (χ1n) is 5.04. The van der Waals surface area contributed by atoms with Gasteiger partial charge in [0.05, 0.1) is 6.54 Å². The van der Waals surface area contributed by atoms with E-state index in [1.54, 1.807) is 30.3 Å². The number of nitrogen functional groups attached to an aromatic ring is 1. The van der Waals surface area contributed by atoms with Gasteiger partial charge in [0.25, 0.3) is 5.91 Å². The Kier molecular flexibility index (Phi) is 3.37. The van der Waals surface area contributed by atoms with Gasteiger partial charge in [0, 0.05) is 17.3 Å². The number of hydrazine groups is 1. The molecule has 4 N–H and O–H groups in total. The van der Waals surface area contributed by atoms with Crippen LogP contribution in [0.1, 0.15) is 16.1 Å². The number of benzene rings is 1. The second-order valence-electron chi connectivity index (χ2n) is 3.40. The van der Waals surface area contributed by atoms with E-state index >= 15 is 0 Å². The second-order valence-corrected chi connectivity index (χ2v) is 3.40. The van der Waals surface area contributed by atoms with Crippen LogP contribution in [0.3, 0.4) is 0 Å². The molecule has 2 aromatic rings. The molecule has 0 fully saturated rings. The summed E-state index contributed by atoms with van der Waals surface area (Å²) in [6.07, 6.45) is 1.46. The van der Waals surface area contributed by atoms with E-state index in [4.69, 9.17) is 5.84 Å². The summed E-state index contributed by atoms with van der Waals surface area (Å²) in [5.41, 5.74) is 4.48. The number of anilines is 1. The molecule has 0 unspecified atom stereocenters. The number of nitrogens with one attached hydrogen (secondary N) is 2. The largest absolute Gasteiger partial charge is 0.364 e. The molecule has 0 saturated carbocycles. The maximum atomic E-state index is 11.7. The van der Waals surface area contributed by atoms with E-state index in [1.807, 2.05) is 0 Å². The molecule has 6 heteroatoms. The van der Waals surface area contributed by atoms with Crippen LogP contribution in [0, 0.1) is 0 Å². The van der Waals surface area contributed by atoms with E-state index in [0.29, 0.717) is 17.8 Å².